The molecule has 0 unspecified atom stereocenters. The second-order valence-electron chi connectivity index (χ2n) is 4.02. The number of aliphatic hydroxyl groups excluding tert-OH is 1. The van der Waals surface area contributed by atoms with Crippen molar-refractivity contribution in [1.82, 2.24) is 5.32 Å². The molecule has 18 heavy (non-hydrogen) atoms. The second kappa shape index (κ2) is 5.17. The summed E-state index contributed by atoms with van der Waals surface area (Å²) in [6.45, 7) is 0.506. The van der Waals surface area contributed by atoms with Gasteiger partial charge in [-0.1, -0.05) is 11.6 Å². The van der Waals surface area contributed by atoms with Gasteiger partial charge in [0.2, 0.25) is 5.91 Å². The smallest absolute Gasteiger partial charge is 0.244 e. The molecule has 0 saturated carbocycles. The number of nitrogens with one attached hydrogen (secondary N) is 2. The predicted octanol–water partition coefficient (Wildman–Crippen LogP) is 1.28. The van der Waals surface area contributed by atoms with Gasteiger partial charge in [-0.2, -0.15) is 0 Å². The Hall–Kier alpha value is -1.24. The zero-order valence-electron chi connectivity index (χ0n) is 9.21. The van der Waals surface area contributed by atoms with Crippen molar-refractivity contribution < 1.29 is 18.7 Å². The summed E-state index contributed by atoms with van der Waals surface area (Å²) < 4.78 is 26.3. The van der Waals surface area contributed by atoms with Crippen molar-refractivity contribution in [3.8, 4) is 0 Å². The molecule has 0 spiro atoms. The van der Waals surface area contributed by atoms with Crippen LogP contribution in [0, 0.1) is 11.6 Å². The summed E-state index contributed by atoms with van der Waals surface area (Å²) in [6.07, 6.45) is -0.367. The first-order valence-electron chi connectivity index (χ1n) is 5.36. The van der Waals surface area contributed by atoms with E-state index in [2.05, 4.69) is 10.6 Å². The second-order valence-corrected chi connectivity index (χ2v) is 4.43. The monoisotopic (exact) mass is 276 g/mol. The van der Waals surface area contributed by atoms with E-state index in [1.807, 2.05) is 0 Å². The van der Waals surface area contributed by atoms with E-state index in [9.17, 15) is 18.7 Å². The van der Waals surface area contributed by atoms with Crippen LogP contribution in [0.1, 0.15) is 6.42 Å². The molecule has 1 aromatic carbocycles. The molecule has 98 valence electrons. The third-order valence-electron chi connectivity index (χ3n) is 2.74. The lowest BCUT2D eigenvalue weighted by Crippen LogP contribution is -2.42. The topological polar surface area (TPSA) is 61.4 Å². The Labute approximate surface area is 107 Å². The van der Waals surface area contributed by atoms with E-state index < -0.39 is 29.7 Å². The molecule has 7 heteroatoms. The van der Waals surface area contributed by atoms with Crippen LogP contribution in [0.2, 0.25) is 5.02 Å². The van der Waals surface area contributed by atoms with Gasteiger partial charge < -0.3 is 15.7 Å². The highest BCUT2D eigenvalue weighted by molar-refractivity contribution is 6.31. The summed E-state index contributed by atoms with van der Waals surface area (Å²) in [4.78, 5) is 11.7. The zero-order valence-corrected chi connectivity index (χ0v) is 9.97. The number of anilines is 1. The standard InChI is InChI=1S/C11H11ClF2N2O2/c12-5-3-8(7(14)4-6(5)13)16-11(18)10-9(17)1-2-15-10/h3-4,9-10,15,17H,1-2H2,(H,16,18)/t9-,10-/m0/s1. The number of amides is 1. The fourth-order valence-corrected chi connectivity index (χ4v) is 1.95. The third kappa shape index (κ3) is 2.60. The van der Waals surface area contributed by atoms with Gasteiger partial charge in [0.1, 0.15) is 17.7 Å². The van der Waals surface area contributed by atoms with Gasteiger partial charge in [0.15, 0.2) is 0 Å². The minimum Gasteiger partial charge on any atom is -0.391 e. The van der Waals surface area contributed by atoms with E-state index in [1.165, 1.54) is 0 Å². The predicted molar refractivity (Wildman–Crippen MR) is 62.4 cm³/mol. The van der Waals surface area contributed by atoms with E-state index in [-0.39, 0.29) is 10.7 Å². The molecule has 1 aliphatic rings. The molecule has 1 aromatic rings. The van der Waals surface area contributed by atoms with Crippen LogP contribution in [0.5, 0.6) is 0 Å². The van der Waals surface area contributed by atoms with Crippen LogP contribution < -0.4 is 10.6 Å². The lowest BCUT2D eigenvalue weighted by molar-refractivity contribution is -0.119. The van der Waals surface area contributed by atoms with Crippen molar-refractivity contribution in [2.24, 2.45) is 0 Å². The van der Waals surface area contributed by atoms with Gasteiger partial charge in [-0.05, 0) is 19.0 Å². The summed E-state index contributed by atoms with van der Waals surface area (Å²) in [6, 6.07) is 0.787. The van der Waals surface area contributed by atoms with Crippen LogP contribution in [0.25, 0.3) is 0 Å². The molecule has 1 amide bonds. The van der Waals surface area contributed by atoms with Crippen molar-refractivity contribution in [3.63, 3.8) is 0 Å². The number of rotatable bonds is 2. The van der Waals surface area contributed by atoms with Crippen LogP contribution in [0.3, 0.4) is 0 Å². The lowest BCUT2D eigenvalue weighted by Gasteiger charge is -2.15. The Morgan fingerprint density at radius 1 is 1.44 bits per heavy atom. The van der Waals surface area contributed by atoms with Crippen molar-refractivity contribution in [2.75, 3.05) is 11.9 Å². The summed E-state index contributed by atoms with van der Waals surface area (Å²) in [7, 11) is 0. The van der Waals surface area contributed by atoms with Gasteiger partial charge in [-0.3, -0.25) is 4.79 Å². The molecule has 2 rings (SSSR count). The molecule has 2 atom stereocenters. The molecule has 0 radical (unpaired) electrons. The average Bonchev–Trinajstić information content (AvgIpc) is 2.72. The Bertz CT molecular complexity index is 484. The summed E-state index contributed by atoms with van der Waals surface area (Å²) >= 11 is 5.50. The molecule has 0 aliphatic carbocycles. The highest BCUT2D eigenvalue weighted by atomic mass is 35.5. The van der Waals surface area contributed by atoms with E-state index in [0.29, 0.717) is 19.0 Å². The summed E-state index contributed by atoms with van der Waals surface area (Å²) in [5.41, 5.74) is -0.215. The third-order valence-corrected chi connectivity index (χ3v) is 3.03. The maximum absolute atomic E-state index is 13.4. The first kappa shape index (κ1) is 13.2. The molecule has 1 heterocycles. The number of hydrogen-bond donors (Lipinski definition) is 3. The molecule has 3 N–H and O–H groups in total. The molecule has 4 nitrogen and oxygen atoms in total. The van der Waals surface area contributed by atoms with Crippen LogP contribution in [0.4, 0.5) is 14.5 Å². The molecule has 0 bridgehead atoms. The van der Waals surface area contributed by atoms with Crippen LogP contribution >= 0.6 is 11.6 Å². The van der Waals surface area contributed by atoms with E-state index in [4.69, 9.17) is 11.6 Å². The number of carbonyl (C=O) groups excluding carboxylic acids is 1. The molecule has 1 fully saturated rings. The number of carbonyl (C=O) groups is 1. The zero-order chi connectivity index (χ0) is 13.3. The fourth-order valence-electron chi connectivity index (χ4n) is 1.79. The quantitative estimate of drug-likeness (QED) is 0.713. The van der Waals surface area contributed by atoms with Gasteiger partial charge in [-0.15, -0.1) is 0 Å². The van der Waals surface area contributed by atoms with Crippen molar-refractivity contribution in [2.45, 2.75) is 18.6 Å². The van der Waals surface area contributed by atoms with Crippen molar-refractivity contribution >= 4 is 23.2 Å². The van der Waals surface area contributed by atoms with Crippen molar-refractivity contribution in [3.05, 3.63) is 28.8 Å². The van der Waals surface area contributed by atoms with Gasteiger partial charge in [-0.25, -0.2) is 8.78 Å². The number of halogens is 3. The van der Waals surface area contributed by atoms with Gasteiger partial charge in [0.05, 0.1) is 16.8 Å². The molecule has 1 aliphatic heterocycles. The van der Waals surface area contributed by atoms with Gasteiger partial charge in [0, 0.05) is 6.07 Å². The highest BCUT2D eigenvalue weighted by Crippen LogP contribution is 2.23. The Morgan fingerprint density at radius 2 is 2.17 bits per heavy atom. The first-order valence-corrected chi connectivity index (χ1v) is 5.73. The molecular formula is C11H11ClF2N2O2. The largest absolute Gasteiger partial charge is 0.391 e. The summed E-state index contributed by atoms with van der Waals surface area (Å²) in [5, 5.41) is 14.3. The Morgan fingerprint density at radius 3 is 2.78 bits per heavy atom. The minimum atomic E-state index is -0.919. The van der Waals surface area contributed by atoms with Crippen LogP contribution in [0.15, 0.2) is 12.1 Å². The minimum absolute atomic E-state index is 0.215. The Kier molecular flexibility index (Phi) is 3.79. The van der Waals surface area contributed by atoms with Crippen LogP contribution in [-0.2, 0) is 4.79 Å². The number of aliphatic hydroxyl groups is 1. The maximum atomic E-state index is 13.4. The van der Waals surface area contributed by atoms with E-state index >= 15 is 0 Å². The van der Waals surface area contributed by atoms with E-state index in [0.717, 1.165) is 6.07 Å². The van der Waals surface area contributed by atoms with E-state index in [1.54, 1.807) is 0 Å². The maximum Gasteiger partial charge on any atom is 0.244 e. The highest BCUT2D eigenvalue weighted by Gasteiger charge is 2.31. The first-order chi connectivity index (χ1) is 8.49. The Balaban J connectivity index is 2.14. The summed E-state index contributed by atoms with van der Waals surface area (Å²) in [5.74, 6) is -2.40. The molecular weight excluding hydrogens is 266 g/mol. The molecule has 1 saturated heterocycles. The van der Waals surface area contributed by atoms with Crippen molar-refractivity contribution in [1.29, 1.82) is 0 Å². The number of hydrogen-bond acceptors (Lipinski definition) is 3. The average molecular weight is 277 g/mol. The van der Waals surface area contributed by atoms with Gasteiger partial charge >= 0.3 is 0 Å². The SMILES string of the molecule is O=C(Nc1cc(Cl)c(F)cc1F)[C@H]1NCC[C@@H]1O. The number of benzene rings is 1. The van der Waals surface area contributed by atoms with Crippen LogP contribution in [-0.4, -0.2) is 29.7 Å². The fraction of sp³-hybridized carbons (Fsp3) is 0.364. The van der Waals surface area contributed by atoms with Gasteiger partial charge in [0.25, 0.3) is 0 Å². The lowest BCUT2D eigenvalue weighted by atomic mass is 10.1. The molecule has 0 aromatic heterocycles. The normalized spacial score (nSPS) is 23.1.